The largest absolute Gasteiger partial charge is 0.481 e. The van der Waals surface area contributed by atoms with Crippen LogP contribution in [0.3, 0.4) is 0 Å². The quantitative estimate of drug-likeness (QED) is 0.830. The molecule has 1 aromatic carbocycles. The van der Waals surface area contributed by atoms with E-state index < -0.39 is 6.10 Å². The van der Waals surface area contributed by atoms with Gasteiger partial charge in [-0.1, -0.05) is 26.8 Å². The van der Waals surface area contributed by atoms with Crippen molar-refractivity contribution in [3.63, 3.8) is 0 Å². The average Bonchev–Trinajstić information content (AvgIpc) is 2.52. The minimum Gasteiger partial charge on any atom is -0.481 e. The van der Waals surface area contributed by atoms with Crippen LogP contribution in [0, 0.1) is 5.92 Å². The fourth-order valence-corrected chi connectivity index (χ4v) is 2.87. The van der Waals surface area contributed by atoms with E-state index in [-0.39, 0.29) is 5.91 Å². The Morgan fingerprint density at radius 1 is 1.23 bits per heavy atom. The highest BCUT2D eigenvalue weighted by Gasteiger charge is 2.19. The van der Waals surface area contributed by atoms with Crippen LogP contribution in [0.5, 0.6) is 5.75 Å². The second-order valence-electron chi connectivity index (χ2n) is 6.63. The average molecular weight is 303 g/mol. The Hall–Kier alpha value is -1.51. The van der Waals surface area contributed by atoms with Gasteiger partial charge in [-0.15, -0.1) is 0 Å². The van der Waals surface area contributed by atoms with Crippen LogP contribution in [0.15, 0.2) is 18.2 Å². The van der Waals surface area contributed by atoms with Crippen LogP contribution in [-0.4, -0.2) is 18.6 Å². The summed E-state index contributed by atoms with van der Waals surface area (Å²) in [6.45, 7) is 7.03. The zero-order valence-corrected chi connectivity index (χ0v) is 14.2. The van der Waals surface area contributed by atoms with E-state index in [2.05, 4.69) is 31.3 Å². The Bertz CT molecular complexity index is 496. The molecule has 0 heterocycles. The molecule has 0 radical (unpaired) electrons. The van der Waals surface area contributed by atoms with Gasteiger partial charge < -0.3 is 10.1 Å². The van der Waals surface area contributed by atoms with Crippen LogP contribution in [0.4, 0.5) is 0 Å². The highest BCUT2D eigenvalue weighted by molar-refractivity contribution is 5.81. The number of hydrogen-bond donors (Lipinski definition) is 1. The van der Waals surface area contributed by atoms with Crippen LogP contribution in [-0.2, 0) is 17.6 Å². The summed E-state index contributed by atoms with van der Waals surface area (Å²) in [5.41, 5.74) is 2.83. The standard InChI is InChI=1S/C19H29NO2/c1-4-18(19(21)20-12-11-14(2)3)22-17-10-9-15-7-5-6-8-16(15)13-17/h9-10,13-14,18H,4-8,11-12H2,1-3H3,(H,20,21). The van der Waals surface area contributed by atoms with Gasteiger partial charge in [0.15, 0.2) is 6.10 Å². The van der Waals surface area contributed by atoms with Crippen molar-refractivity contribution in [2.75, 3.05) is 6.54 Å². The molecule has 0 aliphatic heterocycles. The predicted octanol–water partition coefficient (Wildman–Crippen LogP) is 3.89. The normalized spacial score (nSPS) is 15.3. The molecule has 0 saturated heterocycles. The van der Waals surface area contributed by atoms with Gasteiger partial charge in [0.2, 0.25) is 0 Å². The highest BCUT2D eigenvalue weighted by Crippen LogP contribution is 2.26. The maximum Gasteiger partial charge on any atom is 0.261 e. The summed E-state index contributed by atoms with van der Waals surface area (Å²) < 4.78 is 5.94. The lowest BCUT2D eigenvalue weighted by molar-refractivity contribution is -0.128. The number of carbonyl (C=O) groups is 1. The summed E-state index contributed by atoms with van der Waals surface area (Å²) in [7, 11) is 0. The number of rotatable bonds is 7. The van der Waals surface area contributed by atoms with Crippen LogP contribution in [0.1, 0.15) is 57.6 Å². The van der Waals surface area contributed by atoms with Crippen molar-refractivity contribution >= 4 is 5.91 Å². The number of amides is 1. The molecule has 1 atom stereocenters. The molecule has 3 nitrogen and oxygen atoms in total. The first-order valence-electron chi connectivity index (χ1n) is 8.66. The van der Waals surface area contributed by atoms with Gasteiger partial charge in [-0.3, -0.25) is 4.79 Å². The van der Waals surface area contributed by atoms with Gasteiger partial charge in [0.25, 0.3) is 5.91 Å². The number of carbonyl (C=O) groups excluding carboxylic acids is 1. The summed E-state index contributed by atoms with van der Waals surface area (Å²) in [4.78, 5) is 12.2. The number of nitrogens with one attached hydrogen (secondary N) is 1. The lowest BCUT2D eigenvalue weighted by atomic mass is 9.92. The molecule has 0 aromatic heterocycles. The molecule has 1 amide bonds. The molecule has 1 aliphatic rings. The molecule has 0 fully saturated rings. The lowest BCUT2D eigenvalue weighted by Crippen LogP contribution is -2.38. The van der Waals surface area contributed by atoms with Crippen molar-refractivity contribution in [3.8, 4) is 5.75 Å². The van der Waals surface area contributed by atoms with Crippen LogP contribution >= 0.6 is 0 Å². The first kappa shape index (κ1) is 16.9. The van der Waals surface area contributed by atoms with E-state index in [4.69, 9.17) is 4.74 Å². The highest BCUT2D eigenvalue weighted by atomic mass is 16.5. The Balaban J connectivity index is 1.93. The number of aryl methyl sites for hydroxylation is 2. The third kappa shape index (κ3) is 4.75. The Morgan fingerprint density at radius 3 is 2.64 bits per heavy atom. The molecule has 1 N–H and O–H groups in total. The minimum atomic E-state index is -0.395. The smallest absolute Gasteiger partial charge is 0.261 e. The maximum absolute atomic E-state index is 12.2. The SMILES string of the molecule is CCC(Oc1ccc2c(c1)CCCC2)C(=O)NCCC(C)C. The van der Waals surface area contributed by atoms with Crippen molar-refractivity contribution in [1.29, 1.82) is 0 Å². The van der Waals surface area contributed by atoms with E-state index in [1.165, 1.54) is 30.4 Å². The number of ether oxygens (including phenoxy) is 1. The number of fused-ring (bicyclic) bond motifs is 1. The van der Waals surface area contributed by atoms with Gasteiger partial charge in [-0.2, -0.15) is 0 Å². The molecule has 1 unspecified atom stereocenters. The second kappa shape index (κ2) is 8.21. The summed E-state index contributed by atoms with van der Waals surface area (Å²) in [5, 5.41) is 2.98. The molecule has 2 rings (SSSR count). The first-order chi connectivity index (χ1) is 10.6. The molecule has 1 aromatic rings. The van der Waals surface area contributed by atoms with E-state index in [1.807, 2.05) is 13.0 Å². The summed E-state index contributed by atoms with van der Waals surface area (Å²) in [5.74, 6) is 1.43. The summed E-state index contributed by atoms with van der Waals surface area (Å²) >= 11 is 0. The fraction of sp³-hybridized carbons (Fsp3) is 0.632. The molecular weight excluding hydrogens is 274 g/mol. The van der Waals surface area contributed by atoms with Crippen LogP contribution < -0.4 is 10.1 Å². The predicted molar refractivity (Wildman–Crippen MR) is 90.3 cm³/mol. The zero-order valence-electron chi connectivity index (χ0n) is 14.2. The van der Waals surface area contributed by atoms with Crippen molar-refractivity contribution in [2.24, 2.45) is 5.92 Å². The minimum absolute atomic E-state index is 0.000806. The fourth-order valence-electron chi connectivity index (χ4n) is 2.87. The van der Waals surface area contributed by atoms with Gasteiger partial charge in [-0.05, 0) is 67.7 Å². The molecule has 3 heteroatoms. The molecule has 0 saturated carbocycles. The van der Waals surface area contributed by atoms with E-state index in [0.29, 0.717) is 12.3 Å². The molecule has 122 valence electrons. The Morgan fingerprint density at radius 2 is 1.95 bits per heavy atom. The second-order valence-corrected chi connectivity index (χ2v) is 6.63. The monoisotopic (exact) mass is 303 g/mol. The third-order valence-corrected chi connectivity index (χ3v) is 4.28. The maximum atomic E-state index is 12.2. The molecule has 0 bridgehead atoms. The van der Waals surface area contributed by atoms with Crippen molar-refractivity contribution < 1.29 is 9.53 Å². The topological polar surface area (TPSA) is 38.3 Å². The van der Waals surface area contributed by atoms with E-state index in [0.717, 1.165) is 25.1 Å². The van der Waals surface area contributed by atoms with Crippen LogP contribution in [0.2, 0.25) is 0 Å². The van der Waals surface area contributed by atoms with Crippen molar-refractivity contribution in [1.82, 2.24) is 5.32 Å². The van der Waals surface area contributed by atoms with Crippen molar-refractivity contribution in [3.05, 3.63) is 29.3 Å². The summed E-state index contributed by atoms with van der Waals surface area (Å²) in [6.07, 6.45) is 6.12. The number of benzene rings is 1. The van der Waals surface area contributed by atoms with Gasteiger partial charge in [0.1, 0.15) is 5.75 Å². The van der Waals surface area contributed by atoms with Gasteiger partial charge in [0, 0.05) is 6.54 Å². The lowest BCUT2D eigenvalue weighted by Gasteiger charge is -2.20. The Labute approximate surface area is 134 Å². The van der Waals surface area contributed by atoms with Gasteiger partial charge >= 0.3 is 0 Å². The Kier molecular flexibility index (Phi) is 6.29. The van der Waals surface area contributed by atoms with Gasteiger partial charge in [0.05, 0.1) is 0 Å². The van der Waals surface area contributed by atoms with E-state index in [1.54, 1.807) is 0 Å². The van der Waals surface area contributed by atoms with Crippen LogP contribution in [0.25, 0.3) is 0 Å². The van der Waals surface area contributed by atoms with E-state index in [9.17, 15) is 4.79 Å². The molecular formula is C19H29NO2. The summed E-state index contributed by atoms with van der Waals surface area (Å²) in [6, 6.07) is 6.29. The molecule has 0 spiro atoms. The molecule has 1 aliphatic carbocycles. The van der Waals surface area contributed by atoms with E-state index >= 15 is 0 Å². The third-order valence-electron chi connectivity index (χ3n) is 4.28. The van der Waals surface area contributed by atoms with Gasteiger partial charge in [-0.25, -0.2) is 0 Å². The molecule has 22 heavy (non-hydrogen) atoms. The first-order valence-corrected chi connectivity index (χ1v) is 8.66. The zero-order chi connectivity index (χ0) is 15.9. The van der Waals surface area contributed by atoms with Crippen molar-refractivity contribution in [2.45, 2.75) is 65.4 Å². The number of hydrogen-bond acceptors (Lipinski definition) is 2.